The van der Waals surface area contributed by atoms with Gasteiger partial charge in [0.15, 0.2) is 5.82 Å². The fourth-order valence-corrected chi connectivity index (χ4v) is 3.33. The van der Waals surface area contributed by atoms with Crippen molar-refractivity contribution in [2.75, 3.05) is 36.9 Å². The predicted molar refractivity (Wildman–Crippen MR) is 94.7 cm³/mol. The normalized spacial score (nSPS) is 18.8. The summed E-state index contributed by atoms with van der Waals surface area (Å²) in [6.07, 6.45) is 6.72. The minimum atomic E-state index is 0.674. The molecule has 1 aliphatic carbocycles. The van der Waals surface area contributed by atoms with Gasteiger partial charge in [0.05, 0.1) is 0 Å². The highest BCUT2D eigenvalue weighted by molar-refractivity contribution is 5.53. The number of nitrogens with zero attached hydrogens (tertiary/aromatic N) is 4. The number of rotatable bonds is 6. The molecular formula is C17H25N7. The zero-order valence-corrected chi connectivity index (χ0v) is 14.1. The van der Waals surface area contributed by atoms with Crippen molar-refractivity contribution in [2.45, 2.75) is 31.6 Å². The van der Waals surface area contributed by atoms with Gasteiger partial charge < -0.3 is 15.5 Å². The van der Waals surface area contributed by atoms with Crippen LogP contribution in [0.5, 0.6) is 0 Å². The summed E-state index contributed by atoms with van der Waals surface area (Å²) >= 11 is 0. The van der Waals surface area contributed by atoms with Gasteiger partial charge in [0.2, 0.25) is 5.95 Å². The molecule has 0 spiro atoms. The molecule has 2 aromatic heterocycles. The Labute approximate surface area is 142 Å². The van der Waals surface area contributed by atoms with Crippen molar-refractivity contribution in [1.29, 1.82) is 0 Å². The van der Waals surface area contributed by atoms with E-state index < -0.39 is 0 Å². The monoisotopic (exact) mass is 327 g/mol. The molecule has 128 valence electrons. The first-order valence-electron chi connectivity index (χ1n) is 8.87. The highest BCUT2D eigenvalue weighted by Crippen LogP contribution is 2.39. The molecule has 7 heteroatoms. The van der Waals surface area contributed by atoms with Crippen LogP contribution >= 0.6 is 0 Å². The average Bonchev–Trinajstić information content (AvgIpc) is 3.36. The standard InChI is InChI=1S/C17H25N7/c1-18-11-12-5-8-24(9-6-12)17-19-7-4-15(21-17)20-16-10-14(22-23-16)13-2-3-13/h4,7,10,12-13,18H,2-3,5-6,8-9,11H2,1H3,(H2,19,20,21,22,23). The second kappa shape index (κ2) is 6.76. The molecule has 2 fully saturated rings. The molecule has 0 amide bonds. The Kier molecular flexibility index (Phi) is 4.34. The summed E-state index contributed by atoms with van der Waals surface area (Å²) in [5.41, 5.74) is 1.22. The number of hydrogen-bond donors (Lipinski definition) is 3. The van der Waals surface area contributed by atoms with E-state index in [1.807, 2.05) is 19.3 Å². The van der Waals surface area contributed by atoms with Crippen LogP contribution in [0.2, 0.25) is 0 Å². The van der Waals surface area contributed by atoms with Crippen LogP contribution in [-0.4, -0.2) is 46.8 Å². The van der Waals surface area contributed by atoms with Crippen LogP contribution in [0.25, 0.3) is 0 Å². The largest absolute Gasteiger partial charge is 0.341 e. The van der Waals surface area contributed by atoms with Gasteiger partial charge in [-0.25, -0.2) is 4.98 Å². The summed E-state index contributed by atoms with van der Waals surface area (Å²) in [6.45, 7) is 3.13. The van der Waals surface area contributed by atoms with Crippen LogP contribution in [0.3, 0.4) is 0 Å². The number of nitrogens with one attached hydrogen (secondary N) is 3. The molecule has 0 aromatic carbocycles. The molecule has 3 N–H and O–H groups in total. The number of piperidine rings is 1. The molecule has 2 aliphatic rings. The van der Waals surface area contributed by atoms with Crippen LogP contribution in [-0.2, 0) is 0 Å². The van der Waals surface area contributed by atoms with Gasteiger partial charge in [-0.1, -0.05) is 0 Å². The third kappa shape index (κ3) is 3.51. The van der Waals surface area contributed by atoms with Crippen LogP contribution < -0.4 is 15.5 Å². The van der Waals surface area contributed by atoms with Crippen molar-refractivity contribution in [2.24, 2.45) is 5.92 Å². The second-order valence-corrected chi connectivity index (χ2v) is 6.84. The highest BCUT2D eigenvalue weighted by atomic mass is 15.3. The summed E-state index contributed by atoms with van der Waals surface area (Å²) in [5.74, 6) is 3.87. The predicted octanol–water partition coefficient (Wildman–Crippen LogP) is 2.26. The lowest BCUT2D eigenvalue weighted by atomic mass is 9.97. The second-order valence-electron chi connectivity index (χ2n) is 6.84. The van der Waals surface area contributed by atoms with Crippen molar-refractivity contribution in [3.05, 3.63) is 24.0 Å². The zero-order valence-electron chi connectivity index (χ0n) is 14.1. The summed E-state index contributed by atoms with van der Waals surface area (Å²) in [6, 6.07) is 3.98. The van der Waals surface area contributed by atoms with E-state index in [0.717, 1.165) is 43.1 Å². The third-order valence-electron chi connectivity index (χ3n) is 4.90. The first-order valence-corrected chi connectivity index (χ1v) is 8.87. The van der Waals surface area contributed by atoms with Gasteiger partial charge in [0.25, 0.3) is 0 Å². The van der Waals surface area contributed by atoms with E-state index >= 15 is 0 Å². The van der Waals surface area contributed by atoms with Crippen LogP contribution in [0.1, 0.15) is 37.3 Å². The zero-order chi connectivity index (χ0) is 16.4. The van der Waals surface area contributed by atoms with Crippen molar-refractivity contribution in [1.82, 2.24) is 25.5 Å². The SMILES string of the molecule is CNCC1CCN(c2nccc(Nc3cc(C4CC4)[nH]n3)n2)CC1. The molecule has 3 heterocycles. The smallest absolute Gasteiger partial charge is 0.227 e. The molecule has 24 heavy (non-hydrogen) atoms. The summed E-state index contributed by atoms with van der Waals surface area (Å²) < 4.78 is 0. The quantitative estimate of drug-likeness (QED) is 0.755. The fourth-order valence-electron chi connectivity index (χ4n) is 3.33. The minimum absolute atomic E-state index is 0.674. The first-order chi connectivity index (χ1) is 11.8. The van der Waals surface area contributed by atoms with E-state index in [-0.39, 0.29) is 0 Å². The van der Waals surface area contributed by atoms with Crippen LogP contribution in [0, 0.1) is 5.92 Å². The number of hydrogen-bond acceptors (Lipinski definition) is 6. The van der Waals surface area contributed by atoms with Gasteiger partial charge in [-0.2, -0.15) is 10.1 Å². The van der Waals surface area contributed by atoms with Gasteiger partial charge in [-0.05, 0) is 51.3 Å². The lowest BCUT2D eigenvalue weighted by Gasteiger charge is -2.31. The van der Waals surface area contributed by atoms with Crippen molar-refractivity contribution in [3.8, 4) is 0 Å². The number of aromatic amines is 1. The van der Waals surface area contributed by atoms with Gasteiger partial charge in [-0.15, -0.1) is 0 Å². The van der Waals surface area contributed by atoms with Gasteiger partial charge in [0.1, 0.15) is 5.82 Å². The van der Waals surface area contributed by atoms with E-state index in [2.05, 4.69) is 41.8 Å². The van der Waals surface area contributed by atoms with E-state index in [1.54, 1.807) is 0 Å². The molecule has 1 aliphatic heterocycles. The maximum absolute atomic E-state index is 4.67. The summed E-state index contributed by atoms with van der Waals surface area (Å²) in [5, 5.41) is 14.0. The number of H-pyrrole nitrogens is 1. The van der Waals surface area contributed by atoms with E-state index in [4.69, 9.17) is 0 Å². The molecule has 0 radical (unpaired) electrons. The maximum atomic E-state index is 4.67. The topological polar surface area (TPSA) is 81.8 Å². The van der Waals surface area contributed by atoms with Crippen LogP contribution in [0.4, 0.5) is 17.6 Å². The minimum Gasteiger partial charge on any atom is -0.341 e. The molecule has 1 saturated heterocycles. The molecule has 0 atom stereocenters. The molecule has 2 aromatic rings. The average molecular weight is 327 g/mol. The van der Waals surface area contributed by atoms with E-state index in [0.29, 0.717) is 5.92 Å². The lowest BCUT2D eigenvalue weighted by Crippen LogP contribution is -2.37. The maximum Gasteiger partial charge on any atom is 0.227 e. The molecule has 1 saturated carbocycles. The van der Waals surface area contributed by atoms with Crippen molar-refractivity contribution < 1.29 is 0 Å². The summed E-state index contributed by atoms with van der Waals surface area (Å²) in [7, 11) is 2.02. The van der Waals surface area contributed by atoms with E-state index in [1.165, 1.54) is 31.4 Å². The Morgan fingerprint density at radius 2 is 2.04 bits per heavy atom. The molecular weight excluding hydrogens is 302 g/mol. The Balaban J connectivity index is 1.39. The van der Waals surface area contributed by atoms with Crippen LogP contribution in [0.15, 0.2) is 18.3 Å². The highest BCUT2D eigenvalue weighted by Gasteiger charge is 2.25. The van der Waals surface area contributed by atoms with Gasteiger partial charge in [-0.3, -0.25) is 5.10 Å². The van der Waals surface area contributed by atoms with E-state index in [9.17, 15) is 0 Å². The third-order valence-corrected chi connectivity index (χ3v) is 4.90. The summed E-state index contributed by atoms with van der Waals surface area (Å²) in [4.78, 5) is 11.4. The van der Waals surface area contributed by atoms with Crippen molar-refractivity contribution in [3.63, 3.8) is 0 Å². The molecule has 0 unspecified atom stereocenters. The lowest BCUT2D eigenvalue weighted by molar-refractivity contribution is 0.391. The fraction of sp³-hybridized carbons (Fsp3) is 0.588. The molecule has 0 bridgehead atoms. The Morgan fingerprint density at radius 3 is 2.79 bits per heavy atom. The van der Waals surface area contributed by atoms with Gasteiger partial charge >= 0.3 is 0 Å². The number of anilines is 3. The Bertz CT molecular complexity index is 671. The first kappa shape index (κ1) is 15.4. The number of aromatic nitrogens is 4. The van der Waals surface area contributed by atoms with Gasteiger partial charge in [0, 0.05) is 37.0 Å². The molecule has 4 rings (SSSR count). The van der Waals surface area contributed by atoms with Crippen molar-refractivity contribution >= 4 is 17.6 Å². The Morgan fingerprint density at radius 1 is 1.21 bits per heavy atom. The molecule has 7 nitrogen and oxygen atoms in total. The Hall–Kier alpha value is -2.15.